The van der Waals surface area contributed by atoms with E-state index in [1.807, 2.05) is 13.8 Å². The van der Waals surface area contributed by atoms with Gasteiger partial charge in [0.25, 0.3) is 0 Å². The monoisotopic (exact) mass is 442 g/mol. The quantitative estimate of drug-likeness (QED) is 0.590. The van der Waals surface area contributed by atoms with Crippen LogP contribution >= 0.6 is 0 Å². The summed E-state index contributed by atoms with van der Waals surface area (Å²) in [7, 11) is -2.39. The Morgan fingerprint density at radius 2 is 1.80 bits per heavy atom. The number of carbonyl (C=O) groups excluding carboxylic acids is 1. The first-order valence-corrected chi connectivity index (χ1v) is 10.6. The fourth-order valence-corrected chi connectivity index (χ4v) is 3.68. The Kier molecular flexibility index (Phi) is 8.13. The summed E-state index contributed by atoms with van der Waals surface area (Å²) in [6, 6.07) is 9.13. The summed E-state index contributed by atoms with van der Waals surface area (Å²) < 4.78 is 61.1. The van der Waals surface area contributed by atoms with E-state index >= 15 is 0 Å². The van der Waals surface area contributed by atoms with E-state index in [1.54, 1.807) is 12.1 Å². The highest BCUT2D eigenvalue weighted by molar-refractivity contribution is 7.89. The molecule has 0 aliphatic carbocycles. The SMILES string of the molecule is COc1cc(CNC(=O)CCNS(=O)(=O)c2ccc(C)c(C)c2)ccc1OC(F)F. The van der Waals surface area contributed by atoms with Crippen LogP contribution in [0, 0.1) is 13.8 Å². The van der Waals surface area contributed by atoms with Gasteiger partial charge in [0.2, 0.25) is 15.9 Å². The number of hydrogen-bond acceptors (Lipinski definition) is 5. The standard InChI is InChI=1S/C20H24F2N2O5S/c1-13-4-6-16(10-14(13)2)30(26,27)24-9-8-19(25)23-12-15-5-7-17(29-20(21)22)18(11-15)28-3/h4-7,10-11,20,24H,8-9,12H2,1-3H3,(H,23,25). The van der Waals surface area contributed by atoms with Crippen LogP contribution in [0.1, 0.15) is 23.1 Å². The first-order valence-electron chi connectivity index (χ1n) is 9.07. The van der Waals surface area contributed by atoms with Gasteiger partial charge in [0.15, 0.2) is 11.5 Å². The van der Waals surface area contributed by atoms with Gasteiger partial charge in [-0.15, -0.1) is 0 Å². The topological polar surface area (TPSA) is 93.7 Å². The van der Waals surface area contributed by atoms with Crippen molar-refractivity contribution < 1.29 is 31.5 Å². The summed E-state index contributed by atoms with van der Waals surface area (Å²) in [4.78, 5) is 12.1. The van der Waals surface area contributed by atoms with Crippen molar-refractivity contribution in [2.45, 2.75) is 38.3 Å². The lowest BCUT2D eigenvalue weighted by atomic mass is 10.1. The van der Waals surface area contributed by atoms with Gasteiger partial charge >= 0.3 is 6.61 Å². The van der Waals surface area contributed by atoms with Crippen molar-refractivity contribution in [1.82, 2.24) is 10.0 Å². The highest BCUT2D eigenvalue weighted by Crippen LogP contribution is 2.29. The molecule has 7 nitrogen and oxygen atoms in total. The molecule has 0 saturated carbocycles. The number of hydrogen-bond donors (Lipinski definition) is 2. The lowest BCUT2D eigenvalue weighted by Gasteiger charge is -2.12. The molecule has 10 heteroatoms. The molecule has 0 fully saturated rings. The average molecular weight is 442 g/mol. The number of carbonyl (C=O) groups is 1. The van der Waals surface area contributed by atoms with Gasteiger partial charge < -0.3 is 14.8 Å². The van der Waals surface area contributed by atoms with Gasteiger partial charge in [-0.1, -0.05) is 12.1 Å². The molecule has 0 atom stereocenters. The fourth-order valence-electron chi connectivity index (χ4n) is 2.57. The molecule has 2 aromatic carbocycles. The smallest absolute Gasteiger partial charge is 0.387 e. The maximum absolute atomic E-state index is 12.4. The van der Waals surface area contributed by atoms with E-state index in [9.17, 15) is 22.0 Å². The van der Waals surface area contributed by atoms with Crippen LogP contribution in [-0.4, -0.2) is 34.6 Å². The Labute approximate surface area is 174 Å². The maximum Gasteiger partial charge on any atom is 0.387 e. The van der Waals surface area contributed by atoms with Crippen molar-refractivity contribution >= 4 is 15.9 Å². The zero-order valence-electron chi connectivity index (χ0n) is 16.9. The Hall–Kier alpha value is -2.72. The minimum absolute atomic E-state index is 0.0617. The van der Waals surface area contributed by atoms with Crippen molar-refractivity contribution in [3.63, 3.8) is 0 Å². The van der Waals surface area contributed by atoms with E-state index in [0.717, 1.165) is 11.1 Å². The number of aryl methyl sites for hydroxylation is 2. The molecule has 0 spiro atoms. The molecule has 0 heterocycles. The lowest BCUT2D eigenvalue weighted by Crippen LogP contribution is -2.30. The Morgan fingerprint density at radius 3 is 2.43 bits per heavy atom. The minimum atomic E-state index is -3.71. The number of amides is 1. The predicted octanol–water partition coefficient (Wildman–Crippen LogP) is 2.90. The Morgan fingerprint density at radius 1 is 1.07 bits per heavy atom. The first-order chi connectivity index (χ1) is 14.1. The van der Waals surface area contributed by atoms with Crippen molar-refractivity contribution in [3.8, 4) is 11.5 Å². The number of alkyl halides is 2. The van der Waals surface area contributed by atoms with Gasteiger partial charge in [0, 0.05) is 19.5 Å². The van der Waals surface area contributed by atoms with Crippen LogP contribution in [0.5, 0.6) is 11.5 Å². The molecule has 0 aliphatic heterocycles. The van der Waals surface area contributed by atoms with E-state index in [2.05, 4.69) is 14.8 Å². The molecule has 0 unspecified atom stereocenters. The van der Waals surface area contributed by atoms with Crippen LogP contribution in [0.15, 0.2) is 41.3 Å². The molecule has 164 valence electrons. The second-order valence-corrected chi connectivity index (χ2v) is 8.30. The summed E-state index contributed by atoms with van der Waals surface area (Å²) in [6.07, 6.45) is -0.0617. The Bertz CT molecular complexity index is 997. The third kappa shape index (κ3) is 6.67. The number of nitrogens with one attached hydrogen (secondary N) is 2. The first kappa shape index (κ1) is 23.6. The van der Waals surface area contributed by atoms with Crippen molar-refractivity contribution in [3.05, 3.63) is 53.1 Å². The molecule has 2 N–H and O–H groups in total. The Balaban J connectivity index is 1.85. The number of ether oxygens (including phenoxy) is 2. The number of rotatable bonds is 10. The van der Waals surface area contributed by atoms with Gasteiger partial charge in [-0.2, -0.15) is 8.78 Å². The van der Waals surface area contributed by atoms with Gasteiger partial charge in [0.05, 0.1) is 12.0 Å². The fraction of sp³-hybridized carbons (Fsp3) is 0.350. The normalized spacial score (nSPS) is 11.4. The summed E-state index contributed by atoms with van der Waals surface area (Å²) in [6.45, 7) is 0.790. The van der Waals surface area contributed by atoms with E-state index in [1.165, 1.54) is 31.4 Å². The summed E-state index contributed by atoms with van der Waals surface area (Å²) in [5.41, 5.74) is 2.45. The molecule has 0 radical (unpaired) electrons. The van der Waals surface area contributed by atoms with Crippen LogP contribution in [0.25, 0.3) is 0 Å². The zero-order valence-corrected chi connectivity index (χ0v) is 17.7. The third-order valence-electron chi connectivity index (χ3n) is 4.37. The van der Waals surface area contributed by atoms with Crippen LogP contribution in [0.3, 0.4) is 0 Å². The molecular weight excluding hydrogens is 418 g/mol. The second-order valence-electron chi connectivity index (χ2n) is 6.53. The largest absolute Gasteiger partial charge is 0.493 e. The van der Waals surface area contributed by atoms with E-state index in [0.29, 0.717) is 5.56 Å². The minimum Gasteiger partial charge on any atom is -0.493 e. The van der Waals surface area contributed by atoms with Gasteiger partial charge in [-0.25, -0.2) is 13.1 Å². The maximum atomic E-state index is 12.4. The van der Waals surface area contributed by atoms with E-state index in [-0.39, 0.29) is 41.8 Å². The molecule has 0 aliphatic rings. The third-order valence-corrected chi connectivity index (χ3v) is 5.83. The van der Waals surface area contributed by atoms with Crippen molar-refractivity contribution in [2.24, 2.45) is 0 Å². The molecular formula is C20H24F2N2O5S. The van der Waals surface area contributed by atoms with Gasteiger partial charge in [0.1, 0.15) is 0 Å². The molecule has 30 heavy (non-hydrogen) atoms. The van der Waals surface area contributed by atoms with Crippen LogP contribution < -0.4 is 19.5 Å². The highest BCUT2D eigenvalue weighted by atomic mass is 32.2. The van der Waals surface area contributed by atoms with Crippen molar-refractivity contribution in [1.29, 1.82) is 0 Å². The predicted molar refractivity (Wildman–Crippen MR) is 107 cm³/mol. The molecule has 0 aromatic heterocycles. The second kappa shape index (κ2) is 10.4. The molecule has 0 bridgehead atoms. The number of halogens is 2. The molecule has 2 rings (SSSR count). The number of benzene rings is 2. The lowest BCUT2D eigenvalue weighted by molar-refractivity contribution is -0.121. The van der Waals surface area contributed by atoms with Crippen LogP contribution in [0.2, 0.25) is 0 Å². The summed E-state index contributed by atoms with van der Waals surface area (Å²) in [5, 5.41) is 2.63. The van der Waals surface area contributed by atoms with Gasteiger partial charge in [-0.05, 0) is 54.8 Å². The van der Waals surface area contributed by atoms with Crippen LogP contribution in [0.4, 0.5) is 8.78 Å². The molecule has 2 aromatic rings. The summed E-state index contributed by atoms with van der Waals surface area (Å²) in [5.74, 6) is -0.365. The van der Waals surface area contributed by atoms with Gasteiger partial charge in [-0.3, -0.25) is 4.79 Å². The van der Waals surface area contributed by atoms with Crippen molar-refractivity contribution in [2.75, 3.05) is 13.7 Å². The number of sulfonamides is 1. The van der Waals surface area contributed by atoms with E-state index in [4.69, 9.17) is 4.74 Å². The zero-order chi connectivity index (χ0) is 22.3. The molecule has 1 amide bonds. The average Bonchev–Trinajstić information content (AvgIpc) is 2.68. The number of methoxy groups -OCH3 is 1. The summed E-state index contributed by atoms with van der Waals surface area (Å²) >= 11 is 0. The molecule has 0 saturated heterocycles. The van der Waals surface area contributed by atoms with E-state index < -0.39 is 16.6 Å². The van der Waals surface area contributed by atoms with Crippen LogP contribution in [-0.2, 0) is 21.4 Å². The highest BCUT2D eigenvalue weighted by Gasteiger charge is 2.15.